The van der Waals surface area contributed by atoms with Crippen molar-refractivity contribution in [3.8, 4) is 0 Å². The molecule has 6 heteroatoms. The van der Waals surface area contributed by atoms with Gasteiger partial charge in [-0.05, 0) is 61.8 Å². The summed E-state index contributed by atoms with van der Waals surface area (Å²) < 4.78 is 1.65. The lowest BCUT2D eigenvalue weighted by Gasteiger charge is -2.32. The van der Waals surface area contributed by atoms with Gasteiger partial charge in [-0.15, -0.1) is 0 Å². The Bertz CT molecular complexity index is 1090. The summed E-state index contributed by atoms with van der Waals surface area (Å²) in [6.07, 6.45) is 6.73. The number of likely N-dealkylation sites (tertiary alicyclic amines) is 1. The number of aromatic nitrogens is 3. The molecular formula is C22H24N4O2. The second-order valence-electron chi connectivity index (χ2n) is 7.97. The van der Waals surface area contributed by atoms with Gasteiger partial charge in [0, 0.05) is 48.4 Å². The van der Waals surface area contributed by atoms with Gasteiger partial charge in [-0.1, -0.05) is 6.07 Å². The molecule has 2 aromatic heterocycles. The summed E-state index contributed by atoms with van der Waals surface area (Å²) >= 11 is 0. The molecule has 1 saturated heterocycles. The van der Waals surface area contributed by atoms with Crippen LogP contribution in [-0.4, -0.2) is 38.7 Å². The van der Waals surface area contributed by atoms with Gasteiger partial charge in [-0.3, -0.25) is 9.59 Å². The van der Waals surface area contributed by atoms with Crippen molar-refractivity contribution in [3.63, 3.8) is 0 Å². The molecule has 0 spiro atoms. The lowest BCUT2D eigenvalue weighted by atomic mass is 9.96. The normalized spacial score (nSPS) is 17.2. The topological polar surface area (TPSA) is 71.0 Å². The predicted octanol–water partition coefficient (Wildman–Crippen LogP) is 2.77. The molecule has 2 aliphatic rings. The minimum absolute atomic E-state index is 0.0123. The van der Waals surface area contributed by atoms with Crippen molar-refractivity contribution in [2.75, 3.05) is 13.1 Å². The lowest BCUT2D eigenvalue weighted by molar-refractivity contribution is 0.0682. The number of fused-ring (bicyclic) bond motifs is 2. The third-order valence-corrected chi connectivity index (χ3v) is 6.18. The van der Waals surface area contributed by atoms with E-state index in [4.69, 9.17) is 0 Å². The zero-order chi connectivity index (χ0) is 19.1. The molecule has 1 fully saturated rings. The average Bonchev–Trinajstić information content (AvgIpc) is 3.37. The smallest absolute Gasteiger partial charge is 0.267 e. The molecule has 0 radical (unpaired) electrons. The van der Waals surface area contributed by atoms with Gasteiger partial charge in [-0.25, -0.2) is 4.68 Å². The van der Waals surface area contributed by atoms with E-state index in [1.54, 1.807) is 10.7 Å². The number of hydrogen-bond donors (Lipinski definition) is 1. The maximum absolute atomic E-state index is 13.0. The Morgan fingerprint density at radius 3 is 2.89 bits per heavy atom. The van der Waals surface area contributed by atoms with Gasteiger partial charge in [0.1, 0.15) is 0 Å². The minimum atomic E-state index is 0.0123. The molecule has 5 rings (SSSR count). The molecule has 3 aromatic rings. The maximum atomic E-state index is 13.0. The van der Waals surface area contributed by atoms with E-state index in [1.807, 2.05) is 35.4 Å². The molecule has 144 valence electrons. The number of aryl methyl sites for hydroxylation is 2. The second kappa shape index (κ2) is 6.93. The number of nitrogens with zero attached hydrogens (tertiary/aromatic N) is 3. The van der Waals surface area contributed by atoms with E-state index in [0.29, 0.717) is 12.5 Å². The van der Waals surface area contributed by atoms with Crippen LogP contribution in [0.5, 0.6) is 0 Å². The van der Waals surface area contributed by atoms with Gasteiger partial charge < -0.3 is 9.88 Å². The fraction of sp³-hybridized carbons (Fsp3) is 0.409. The number of hydrogen-bond acceptors (Lipinski definition) is 3. The van der Waals surface area contributed by atoms with Crippen molar-refractivity contribution in [2.24, 2.45) is 5.92 Å². The van der Waals surface area contributed by atoms with Crippen LogP contribution in [0, 0.1) is 5.92 Å². The van der Waals surface area contributed by atoms with Crippen LogP contribution in [-0.2, 0) is 19.4 Å². The zero-order valence-corrected chi connectivity index (χ0v) is 15.9. The third-order valence-electron chi connectivity index (χ3n) is 6.18. The first-order valence-electron chi connectivity index (χ1n) is 10.1. The highest BCUT2D eigenvalue weighted by atomic mass is 16.2. The Hall–Kier alpha value is -2.89. The van der Waals surface area contributed by atoms with Crippen LogP contribution in [0.15, 0.2) is 41.3 Å². The molecule has 0 atom stereocenters. The first kappa shape index (κ1) is 17.2. The van der Waals surface area contributed by atoms with Crippen LogP contribution >= 0.6 is 0 Å². The lowest BCUT2D eigenvalue weighted by Crippen LogP contribution is -2.40. The highest BCUT2D eigenvalue weighted by molar-refractivity contribution is 6.06. The van der Waals surface area contributed by atoms with Crippen LogP contribution in [0.1, 0.15) is 40.9 Å². The minimum Gasteiger partial charge on any atom is -0.361 e. The quantitative estimate of drug-likeness (QED) is 0.764. The first-order valence-corrected chi connectivity index (χ1v) is 10.1. The molecule has 3 heterocycles. The molecule has 1 aliphatic carbocycles. The number of piperidine rings is 1. The fourth-order valence-electron chi connectivity index (χ4n) is 4.58. The molecule has 1 aromatic carbocycles. The molecule has 0 saturated carbocycles. The number of rotatable bonds is 3. The summed E-state index contributed by atoms with van der Waals surface area (Å²) in [6.45, 7) is 2.11. The second-order valence-corrected chi connectivity index (χ2v) is 7.97. The molecule has 28 heavy (non-hydrogen) atoms. The number of nitrogens with one attached hydrogen (secondary N) is 1. The summed E-state index contributed by atoms with van der Waals surface area (Å²) in [4.78, 5) is 30.5. The Labute approximate surface area is 163 Å². The van der Waals surface area contributed by atoms with Gasteiger partial charge in [0.25, 0.3) is 11.5 Å². The van der Waals surface area contributed by atoms with Gasteiger partial charge in [0.15, 0.2) is 0 Å². The maximum Gasteiger partial charge on any atom is 0.267 e. The van der Waals surface area contributed by atoms with E-state index in [0.717, 1.165) is 72.9 Å². The highest BCUT2D eigenvalue weighted by Gasteiger charge is 2.26. The Balaban J connectivity index is 1.26. The number of carbonyl (C=O) groups is 1. The molecule has 0 bridgehead atoms. The average molecular weight is 376 g/mol. The van der Waals surface area contributed by atoms with E-state index >= 15 is 0 Å². The van der Waals surface area contributed by atoms with Gasteiger partial charge >= 0.3 is 0 Å². The van der Waals surface area contributed by atoms with Crippen LogP contribution in [0.2, 0.25) is 0 Å². The van der Waals surface area contributed by atoms with Crippen molar-refractivity contribution >= 4 is 16.8 Å². The molecule has 0 unspecified atom stereocenters. The third kappa shape index (κ3) is 3.03. The highest BCUT2D eigenvalue weighted by Crippen LogP contribution is 2.24. The van der Waals surface area contributed by atoms with Crippen LogP contribution < -0.4 is 5.56 Å². The molecule has 1 amide bonds. The molecule has 1 N–H and O–H groups in total. The van der Waals surface area contributed by atoms with Crippen molar-refractivity contribution in [1.82, 2.24) is 19.7 Å². The van der Waals surface area contributed by atoms with Gasteiger partial charge in [0.05, 0.1) is 5.69 Å². The van der Waals surface area contributed by atoms with E-state index in [2.05, 4.69) is 10.1 Å². The number of aromatic amines is 1. The van der Waals surface area contributed by atoms with Crippen molar-refractivity contribution in [2.45, 2.75) is 38.6 Å². The Morgan fingerprint density at radius 2 is 2.04 bits per heavy atom. The summed E-state index contributed by atoms with van der Waals surface area (Å²) in [7, 11) is 0. The van der Waals surface area contributed by atoms with E-state index in [1.165, 1.54) is 0 Å². The fourth-order valence-corrected chi connectivity index (χ4v) is 4.58. The van der Waals surface area contributed by atoms with Crippen LogP contribution in [0.4, 0.5) is 0 Å². The Kier molecular flexibility index (Phi) is 4.26. The van der Waals surface area contributed by atoms with Crippen LogP contribution in [0.3, 0.4) is 0 Å². The van der Waals surface area contributed by atoms with Gasteiger partial charge in [0.2, 0.25) is 0 Å². The van der Waals surface area contributed by atoms with E-state index < -0.39 is 0 Å². The number of H-pyrrole nitrogens is 1. The summed E-state index contributed by atoms with van der Waals surface area (Å²) in [5.41, 5.74) is 3.97. The number of benzene rings is 1. The zero-order valence-electron chi connectivity index (χ0n) is 15.9. The molecule has 1 aliphatic heterocycles. The molecule has 6 nitrogen and oxygen atoms in total. The largest absolute Gasteiger partial charge is 0.361 e. The van der Waals surface area contributed by atoms with Crippen molar-refractivity contribution < 1.29 is 4.79 Å². The van der Waals surface area contributed by atoms with Crippen molar-refractivity contribution in [3.05, 3.63) is 63.7 Å². The molecular weight excluding hydrogens is 352 g/mol. The Morgan fingerprint density at radius 1 is 1.18 bits per heavy atom. The summed E-state index contributed by atoms with van der Waals surface area (Å²) in [6, 6.07) is 9.54. The summed E-state index contributed by atoms with van der Waals surface area (Å²) in [5.74, 6) is 0.480. The van der Waals surface area contributed by atoms with Crippen molar-refractivity contribution in [1.29, 1.82) is 0 Å². The SMILES string of the molecule is O=C(c1cccc2[nH]ccc12)N1CCC(Cn2nc3c(cc2=O)CCC3)CC1. The first-order chi connectivity index (χ1) is 13.7. The van der Waals surface area contributed by atoms with E-state index in [9.17, 15) is 9.59 Å². The standard InChI is InChI=1S/C22H24N4O2/c27-21-13-16-3-1-5-19(16)24-26(21)14-15-8-11-25(12-9-15)22(28)18-4-2-6-20-17(18)7-10-23-20/h2,4,6-7,10,13,15,23H,1,3,5,8-9,11-12,14H2. The number of carbonyl (C=O) groups excluding carboxylic acids is 1. The summed E-state index contributed by atoms with van der Waals surface area (Å²) in [5, 5.41) is 5.57. The van der Waals surface area contributed by atoms with Gasteiger partial charge in [-0.2, -0.15) is 5.10 Å². The predicted molar refractivity (Wildman–Crippen MR) is 107 cm³/mol. The van der Waals surface area contributed by atoms with Crippen LogP contribution in [0.25, 0.3) is 10.9 Å². The van der Waals surface area contributed by atoms with E-state index in [-0.39, 0.29) is 11.5 Å². The monoisotopic (exact) mass is 376 g/mol. The number of amides is 1.